The molecule has 1 fully saturated rings. The van der Waals surface area contributed by atoms with Crippen molar-refractivity contribution in [3.63, 3.8) is 0 Å². The fraction of sp³-hybridized carbons (Fsp3) is 0.588. The minimum atomic E-state index is -0.232. The largest absolute Gasteiger partial charge is 0.466 e. The first-order valence-corrected chi connectivity index (χ1v) is 7.83. The molecule has 0 aliphatic heterocycles. The van der Waals surface area contributed by atoms with Crippen molar-refractivity contribution in [1.29, 1.82) is 0 Å². The van der Waals surface area contributed by atoms with Crippen LogP contribution in [0.2, 0.25) is 0 Å². The lowest BCUT2D eigenvalue weighted by Gasteiger charge is -2.22. The second kappa shape index (κ2) is 8.13. The first kappa shape index (κ1) is 16.0. The fourth-order valence-electron chi connectivity index (χ4n) is 2.94. The van der Waals surface area contributed by atoms with E-state index in [4.69, 9.17) is 4.74 Å². The second-order valence-electron chi connectivity index (χ2n) is 5.68. The van der Waals surface area contributed by atoms with E-state index in [1.165, 1.54) is 37.8 Å². The Morgan fingerprint density at radius 1 is 1.33 bits per heavy atom. The zero-order valence-corrected chi connectivity index (χ0v) is 12.6. The number of halogens is 1. The third kappa shape index (κ3) is 5.46. The van der Waals surface area contributed by atoms with Crippen molar-refractivity contribution in [3.8, 4) is 0 Å². The summed E-state index contributed by atoms with van der Waals surface area (Å²) in [6.07, 6.45) is 5.92. The molecule has 1 N–H and O–H groups in total. The monoisotopic (exact) mass is 293 g/mol. The third-order valence-electron chi connectivity index (χ3n) is 3.94. The quantitative estimate of drug-likeness (QED) is 0.784. The Bertz CT molecular complexity index is 441. The van der Waals surface area contributed by atoms with Crippen LogP contribution in [-0.4, -0.2) is 24.7 Å². The van der Waals surface area contributed by atoms with Crippen LogP contribution in [0, 0.1) is 5.82 Å². The van der Waals surface area contributed by atoms with Gasteiger partial charge in [-0.1, -0.05) is 25.0 Å². The maximum absolute atomic E-state index is 13.0. The molecule has 21 heavy (non-hydrogen) atoms. The van der Waals surface area contributed by atoms with Crippen LogP contribution < -0.4 is 5.32 Å². The highest BCUT2D eigenvalue weighted by atomic mass is 19.1. The van der Waals surface area contributed by atoms with Crippen LogP contribution in [0.4, 0.5) is 4.39 Å². The van der Waals surface area contributed by atoms with Gasteiger partial charge in [-0.05, 0) is 43.9 Å². The molecule has 0 aromatic heterocycles. The van der Waals surface area contributed by atoms with E-state index in [2.05, 4.69) is 5.32 Å². The van der Waals surface area contributed by atoms with E-state index in [9.17, 15) is 9.18 Å². The molecule has 2 rings (SSSR count). The van der Waals surface area contributed by atoms with E-state index < -0.39 is 0 Å². The number of hydrogen-bond acceptors (Lipinski definition) is 3. The van der Waals surface area contributed by atoms with Crippen LogP contribution in [0.3, 0.4) is 0 Å². The lowest BCUT2D eigenvalue weighted by Crippen LogP contribution is -2.40. The highest BCUT2D eigenvalue weighted by molar-refractivity contribution is 5.70. The zero-order valence-electron chi connectivity index (χ0n) is 12.6. The summed E-state index contributed by atoms with van der Waals surface area (Å²) in [6, 6.07) is 7.04. The number of rotatable bonds is 7. The van der Waals surface area contributed by atoms with E-state index in [1.807, 2.05) is 6.92 Å². The minimum Gasteiger partial charge on any atom is -0.466 e. The third-order valence-corrected chi connectivity index (χ3v) is 3.94. The topological polar surface area (TPSA) is 38.3 Å². The van der Waals surface area contributed by atoms with E-state index in [1.54, 1.807) is 12.1 Å². The number of ether oxygens (including phenoxy) is 1. The molecule has 0 bridgehead atoms. The molecule has 1 aromatic rings. The first-order chi connectivity index (χ1) is 10.2. The Balaban J connectivity index is 1.95. The van der Waals surface area contributed by atoms with Crippen LogP contribution >= 0.6 is 0 Å². The molecule has 0 saturated heterocycles. The molecule has 0 spiro atoms. The van der Waals surface area contributed by atoms with Gasteiger partial charge in [0.2, 0.25) is 0 Å². The van der Waals surface area contributed by atoms with Gasteiger partial charge in [-0.2, -0.15) is 0 Å². The number of carbonyl (C=O) groups excluding carboxylic acids is 1. The van der Waals surface area contributed by atoms with Crippen LogP contribution in [0.15, 0.2) is 24.3 Å². The van der Waals surface area contributed by atoms with Crippen LogP contribution in [0.5, 0.6) is 0 Å². The molecular weight excluding hydrogens is 269 g/mol. The standard InChI is InChI=1S/C17H24FNO2/c1-2-21-17(20)12-16(19-15-5-3-4-6-15)11-13-7-9-14(18)10-8-13/h7-10,15-16,19H,2-6,11-12H2,1H3. The Morgan fingerprint density at radius 3 is 2.62 bits per heavy atom. The van der Waals surface area contributed by atoms with E-state index in [0.29, 0.717) is 19.1 Å². The molecule has 1 atom stereocenters. The van der Waals surface area contributed by atoms with Crippen LogP contribution in [0.25, 0.3) is 0 Å². The molecule has 116 valence electrons. The summed E-state index contributed by atoms with van der Waals surface area (Å²) in [7, 11) is 0. The fourth-order valence-corrected chi connectivity index (χ4v) is 2.94. The first-order valence-electron chi connectivity index (χ1n) is 7.83. The van der Waals surface area contributed by atoms with Gasteiger partial charge in [-0.3, -0.25) is 4.79 Å². The zero-order chi connectivity index (χ0) is 15.1. The van der Waals surface area contributed by atoms with Crippen molar-refractivity contribution in [2.24, 2.45) is 0 Å². The average Bonchev–Trinajstić information content (AvgIpc) is 2.94. The van der Waals surface area contributed by atoms with Gasteiger partial charge in [0.25, 0.3) is 0 Å². The maximum Gasteiger partial charge on any atom is 0.307 e. The van der Waals surface area contributed by atoms with Crippen molar-refractivity contribution in [2.45, 2.75) is 57.5 Å². The van der Waals surface area contributed by atoms with E-state index in [0.717, 1.165) is 12.0 Å². The predicted octanol–water partition coefficient (Wildman–Crippen LogP) is 3.22. The van der Waals surface area contributed by atoms with E-state index in [-0.39, 0.29) is 17.8 Å². The van der Waals surface area contributed by atoms with Crippen LogP contribution in [-0.2, 0) is 16.0 Å². The molecular formula is C17H24FNO2. The van der Waals surface area contributed by atoms with Crippen molar-refractivity contribution < 1.29 is 13.9 Å². The summed E-state index contributed by atoms with van der Waals surface area (Å²) >= 11 is 0. The number of hydrogen-bond donors (Lipinski definition) is 1. The van der Waals surface area contributed by atoms with Crippen molar-refractivity contribution in [1.82, 2.24) is 5.32 Å². The van der Waals surface area contributed by atoms with E-state index >= 15 is 0 Å². The number of esters is 1. The molecule has 1 saturated carbocycles. The second-order valence-corrected chi connectivity index (χ2v) is 5.68. The molecule has 0 heterocycles. The summed E-state index contributed by atoms with van der Waals surface area (Å²) in [6.45, 7) is 2.23. The minimum absolute atomic E-state index is 0.0533. The summed E-state index contributed by atoms with van der Waals surface area (Å²) in [4.78, 5) is 11.7. The normalized spacial score (nSPS) is 16.9. The Morgan fingerprint density at radius 2 is 2.00 bits per heavy atom. The van der Waals surface area contributed by atoms with Gasteiger partial charge in [0.05, 0.1) is 13.0 Å². The number of nitrogens with one attached hydrogen (secondary N) is 1. The van der Waals surface area contributed by atoms with Gasteiger partial charge >= 0.3 is 5.97 Å². The summed E-state index contributed by atoms with van der Waals surface area (Å²) in [5.41, 5.74) is 1.04. The molecule has 1 aromatic carbocycles. The molecule has 4 heteroatoms. The van der Waals surface area contributed by atoms with Gasteiger partial charge in [0.1, 0.15) is 5.82 Å². The Kier molecular flexibility index (Phi) is 6.18. The highest BCUT2D eigenvalue weighted by Gasteiger charge is 2.22. The summed E-state index contributed by atoms with van der Waals surface area (Å²) in [5.74, 6) is -0.403. The van der Waals surface area contributed by atoms with Gasteiger partial charge in [-0.15, -0.1) is 0 Å². The van der Waals surface area contributed by atoms with Crippen molar-refractivity contribution >= 4 is 5.97 Å². The molecule has 1 aliphatic carbocycles. The van der Waals surface area contributed by atoms with Gasteiger partial charge in [0, 0.05) is 12.1 Å². The SMILES string of the molecule is CCOC(=O)CC(Cc1ccc(F)cc1)NC1CCCC1. The number of benzene rings is 1. The van der Waals surface area contributed by atoms with Gasteiger partial charge < -0.3 is 10.1 Å². The number of carbonyl (C=O) groups is 1. The summed E-state index contributed by atoms with van der Waals surface area (Å²) in [5, 5.41) is 3.57. The molecule has 0 radical (unpaired) electrons. The van der Waals surface area contributed by atoms with Gasteiger partial charge in [-0.25, -0.2) is 4.39 Å². The van der Waals surface area contributed by atoms with Crippen molar-refractivity contribution in [2.75, 3.05) is 6.61 Å². The lowest BCUT2D eigenvalue weighted by atomic mass is 10.0. The molecule has 1 aliphatic rings. The maximum atomic E-state index is 13.0. The predicted molar refractivity (Wildman–Crippen MR) is 80.5 cm³/mol. The smallest absolute Gasteiger partial charge is 0.307 e. The van der Waals surface area contributed by atoms with Crippen LogP contribution in [0.1, 0.15) is 44.6 Å². The molecule has 3 nitrogen and oxygen atoms in total. The molecule has 1 unspecified atom stereocenters. The highest BCUT2D eigenvalue weighted by Crippen LogP contribution is 2.19. The Hall–Kier alpha value is -1.42. The molecule has 0 amide bonds. The Labute approximate surface area is 125 Å². The summed E-state index contributed by atoms with van der Waals surface area (Å²) < 4.78 is 18.0. The lowest BCUT2D eigenvalue weighted by molar-refractivity contribution is -0.143. The average molecular weight is 293 g/mol. The van der Waals surface area contributed by atoms with Gasteiger partial charge in [0.15, 0.2) is 0 Å². The van der Waals surface area contributed by atoms with Crippen molar-refractivity contribution in [3.05, 3.63) is 35.6 Å².